The van der Waals surface area contributed by atoms with Crippen LogP contribution in [0.4, 0.5) is 0 Å². The Hall–Kier alpha value is -11.2. The number of benzene rings is 8. The first-order valence-corrected chi connectivity index (χ1v) is 35.4. The highest BCUT2D eigenvalue weighted by Crippen LogP contribution is 2.42. The molecule has 4 N–H and O–H groups in total. The maximum absolute atomic E-state index is 14.8. The van der Waals surface area contributed by atoms with Crippen molar-refractivity contribution in [3.05, 3.63) is 182 Å². The summed E-state index contributed by atoms with van der Waals surface area (Å²) in [6.07, 6.45) is 0. The Morgan fingerprint density at radius 1 is 0.267 bits per heavy atom. The van der Waals surface area contributed by atoms with Gasteiger partial charge in [-0.05, 0) is 12.1 Å². The van der Waals surface area contributed by atoms with Crippen LogP contribution >= 0.6 is 10.0 Å². The van der Waals surface area contributed by atoms with Gasteiger partial charge in [-0.3, -0.25) is 0 Å². The Balaban J connectivity index is 0.790. The quantitative estimate of drug-likeness (QED) is 0.112. The smallest absolute Gasteiger partial charge is 0.396 e. The van der Waals surface area contributed by atoms with Crippen LogP contribution in [0.3, 0.4) is 0 Å². The second-order valence-electron chi connectivity index (χ2n) is 21.3. The molecular weight excluding hydrogens is 1220 g/mol. The average Bonchev–Trinajstić information content (AvgIpc) is 1.61. The summed E-state index contributed by atoms with van der Waals surface area (Å²) in [7, 11) is -8.58. The summed E-state index contributed by atoms with van der Waals surface area (Å²) >= 11 is 0. The van der Waals surface area contributed by atoms with Crippen LogP contribution in [0.25, 0.3) is 179 Å². The Kier molecular flexibility index (Phi) is 11.2. The number of hydrogen-bond donors (Lipinski definition) is 4. The van der Waals surface area contributed by atoms with E-state index < -0.39 is 27.9 Å². The normalized spacial score (nSPS) is 12.5. The van der Waals surface area contributed by atoms with E-state index in [0.29, 0.717) is 113 Å². The number of nitrogens with one attached hydrogen (secondary N) is 4. The van der Waals surface area contributed by atoms with Crippen LogP contribution in [0, 0.1) is 0 Å². The van der Waals surface area contributed by atoms with E-state index in [-0.39, 0.29) is 56.5 Å². The number of nitrogens with zero attached hydrogens (tertiary/aromatic N) is 12. The van der Waals surface area contributed by atoms with Crippen LogP contribution in [0.15, 0.2) is 182 Å². The highest BCUT2D eigenvalue weighted by Gasteiger charge is 2.56. The first kappa shape index (κ1) is 52.0. The lowest BCUT2D eigenvalue weighted by Crippen LogP contribution is -2.36. The van der Waals surface area contributed by atoms with Crippen molar-refractivity contribution in [1.82, 2.24) is 79.7 Å². The van der Waals surface area contributed by atoms with Crippen LogP contribution in [0.2, 0.25) is 0 Å². The Labute approximate surface area is 512 Å². The Morgan fingerprint density at radius 3 is 0.744 bits per heavy atom. The molecule has 0 saturated heterocycles. The Bertz CT molecular complexity index is 5800. The van der Waals surface area contributed by atoms with E-state index in [1.165, 1.54) is 24.3 Å². The van der Waals surface area contributed by atoms with E-state index in [9.17, 15) is 16.8 Å². The molecular formula is C64H34AlClN16O6S2. The van der Waals surface area contributed by atoms with Gasteiger partial charge in [-0.2, -0.15) is 0 Å². The van der Waals surface area contributed by atoms with Crippen molar-refractivity contribution in [2.24, 2.45) is 0 Å². The zero-order valence-corrected chi connectivity index (χ0v) is 49.5. The minimum Gasteiger partial charge on any atom is -0.396 e. The zero-order chi connectivity index (χ0) is 60.1. The molecule has 0 aliphatic carbocycles. The summed E-state index contributed by atoms with van der Waals surface area (Å²) in [6, 6.07) is 54.5. The average molecular weight is 1250 g/mol. The fraction of sp³-hybridized carbons (Fsp3) is 0. The lowest BCUT2D eigenvalue weighted by atomic mass is 10.1. The molecule has 6 aromatic heterocycles. The lowest BCUT2D eigenvalue weighted by Gasteiger charge is -2.12. The third kappa shape index (κ3) is 8.14. The molecule has 90 heavy (non-hydrogen) atoms. The molecule has 4 aliphatic heterocycles. The third-order valence-corrected chi connectivity index (χ3v) is 29.2. The molecule has 18 rings (SSSR count). The highest BCUT2D eigenvalue weighted by molar-refractivity contribution is 8.49. The molecule has 0 spiro atoms. The van der Waals surface area contributed by atoms with Gasteiger partial charge in [-0.15, -0.1) is 0 Å². The van der Waals surface area contributed by atoms with Crippen molar-refractivity contribution in [2.45, 2.75) is 0 Å². The molecule has 0 fully saturated rings. The molecule has 22 nitrogen and oxygen atoms in total. The molecule has 4 aliphatic rings. The van der Waals surface area contributed by atoms with E-state index in [1.54, 1.807) is 12.1 Å². The van der Waals surface area contributed by atoms with Gasteiger partial charge >= 0.3 is 11.0 Å². The summed E-state index contributed by atoms with van der Waals surface area (Å²) in [4.78, 5) is 73.5. The summed E-state index contributed by atoms with van der Waals surface area (Å²) < 4.78 is 71.0. The number of halogens is 1. The summed E-state index contributed by atoms with van der Waals surface area (Å²) in [6.45, 7) is 0. The van der Waals surface area contributed by atoms with E-state index in [2.05, 4.69) is 19.9 Å². The van der Waals surface area contributed by atoms with Crippen molar-refractivity contribution >= 4 is 126 Å². The minimum absolute atomic E-state index is 0.0661. The molecule has 0 unspecified atom stereocenters. The van der Waals surface area contributed by atoms with Gasteiger partial charge in [0.05, 0.1) is 10.8 Å². The number of H-pyrrole nitrogens is 4. The van der Waals surface area contributed by atoms with E-state index in [0.717, 1.165) is 21.5 Å². The van der Waals surface area contributed by atoms with Gasteiger partial charge in [-0.25, -0.2) is 86.7 Å². The second-order valence-corrected chi connectivity index (χ2v) is 34.2. The zero-order valence-electron chi connectivity index (χ0n) is 45.9. The van der Waals surface area contributed by atoms with Gasteiger partial charge < -0.3 is 28.3 Å². The van der Waals surface area contributed by atoms with Crippen LogP contribution in [-0.4, -0.2) is 108 Å². The summed E-state index contributed by atoms with van der Waals surface area (Å²) in [5, 5.41) is 4.11. The van der Waals surface area contributed by atoms with Gasteiger partial charge in [0.25, 0.3) is 0 Å². The molecule has 428 valence electrons. The van der Waals surface area contributed by atoms with Crippen LogP contribution in [-0.2, 0) is 17.0 Å². The van der Waals surface area contributed by atoms with Crippen molar-refractivity contribution in [3.8, 4) is 103 Å². The standard InChI is InChI=1S/2C32H17N8O3S.Al.ClH/c2*41-44(42)43-23-15-7-14-22-24(23)32-39-30-21-13-6-5-12-20(21)28(37-30)35-26-17-9-2-1-8-16(17)25(33-26)34-27-18-10-3-4-11-19(18)29(36-27)38-31(22)40-32;;/h2*1-15H,(H2,33,34,35,36,37,38,39,40);;1H/q;;+1;/p-1. The number of rotatable bonds is 6. The topological polar surface area (TPSA) is 305 Å². The van der Waals surface area contributed by atoms with E-state index in [4.69, 9.17) is 78.2 Å². The molecule has 14 aromatic rings. The van der Waals surface area contributed by atoms with Crippen molar-refractivity contribution in [3.63, 3.8) is 0 Å². The van der Waals surface area contributed by atoms with Crippen molar-refractivity contribution in [2.75, 3.05) is 0 Å². The molecule has 0 atom stereocenters. The van der Waals surface area contributed by atoms with Gasteiger partial charge in [0.1, 0.15) is 45.2 Å². The number of hydrogen-bond acceptors (Lipinski definition) is 18. The molecule has 0 saturated carbocycles. The van der Waals surface area contributed by atoms with Gasteiger partial charge in [0.15, 0.2) is 58.1 Å². The molecule has 8 aromatic carbocycles. The molecule has 0 amide bonds. The van der Waals surface area contributed by atoms with E-state index >= 15 is 0 Å². The van der Waals surface area contributed by atoms with Crippen molar-refractivity contribution in [1.29, 1.82) is 0 Å². The molecule has 0 radical (unpaired) electrons. The number of aromatic nitrogens is 16. The SMILES string of the molecule is O=[S](=O)(Oc1cccc2c3nc4nc(nc5[nH]c(nc6nc(nc([nH]3)c12)-c1ccccc1-6)c1ccccc51)-c1ccccc1-4)[Al]([Cl])[S](=O)(=O)Oc1cccc2c3nc4nc(nc5[nH]c(nc6nc(nc([nH]3)c12)-c1ccccc1-6)c1ccccc51)-c1ccccc1-4. The van der Waals surface area contributed by atoms with Gasteiger partial charge in [0, 0.05) is 76.8 Å². The fourth-order valence-corrected chi connectivity index (χ4v) is 19.0. The third-order valence-electron chi connectivity index (χ3n) is 15.9. The van der Waals surface area contributed by atoms with Crippen LogP contribution in [0.1, 0.15) is 0 Å². The van der Waals surface area contributed by atoms with Crippen LogP contribution in [0.5, 0.6) is 11.5 Å². The highest BCUT2D eigenvalue weighted by atomic mass is 35.6. The molecule has 26 heteroatoms. The van der Waals surface area contributed by atoms with Crippen LogP contribution < -0.4 is 8.37 Å². The first-order valence-electron chi connectivity index (χ1n) is 27.9. The summed E-state index contributed by atoms with van der Waals surface area (Å²) in [5.41, 5.74) is 7.98. The van der Waals surface area contributed by atoms with E-state index in [1.807, 2.05) is 146 Å². The predicted molar refractivity (Wildman–Crippen MR) is 343 cm³/mol. The maximum atomic E-state index is 14.8. The molecule has 16 bridgehead atoms. The first-order chi connectivity index (χ1) is 43.9. The number of aromatic amines is 4. The van der Waals surface area contributed by atoms with Crippen molar-refractivity contribution < 1.29 is 25.2 Å². The Morgan fingerprint density at radius 2 is 0.478 bits per heavy atom. The lowest BCUT2D eigenvalue weighted by molar-refractivity contribution is 0.499. The fourth-order valence-electron chi connectivity index (χ4n) is 11.9. The summed E-state index contributed by atoms with van der Waals surface area (Å²) in [5.74, 6) is 1.85. The number of fused-ring (bicyclic) bond motifs is 40. The predicted octanol–water partition coefficient (Wildman–Crippen LogP) is 12.4. The van der Waals surface area contributed by atoms with Gasteiger partial charge in [-0.1, -0.05) is 170 Å². The van der Waals surface area contributed by atoms with Gasteiger partial charge in [0.2, 0.25) is 17.0 Å². The largest absolute Gasteiger partial charge is 0.859 e. The minimum atomic E-state index is -5.28. The monoisotopic (exact) mass is 1250 g/mol. The maximum Gasteiger partial charge on any atom is 0.859 e. The molecule has 10 heterocycles. The second kappa shape index (κ2) is 19.4.